The van der Waals surface area contributed by atoms with Gasteiger partial charge in [-0.05, 0) is 32.6 Å². The van der Waals surface area contributed by atoms with Gasteiger partial charge in [-0.25, -0.2) is 0 Å². The summed E-state index contributed by atoms with van der Waals surface area (Å²) in [7, 11) is 1.73. The van der Waals surface area contributed by atoms with Crippen molar-refractivity contribution in [2.45, 2.75) is 64.3 Å². The Hall–Kier alpha value is -1.79. The summed E-state index contributed by atoms with van der Waals surface area (Å²) in [5.74, 6) is 0.628. The fraction of sp³-hybridized carbons (Fsp3) is 0.842. The molecule has 2 rings (SSSR count). The third-order valence-corrected chi connectivity index (χ3v) is 5.16. The van der Waals surface area contributed by atoms with Crippen molar-refractivity contribution in [1.82, 2.24) is 15.5 Å². The molecule has 1 amide bonds. The minimum absolute atomic E-state index is 0.0999. The van der Waals surface area contributed by atoms with Crippen molar-refractivity contribution < 1.29 is 14.3 Å². The highest BCUT2D eigenvalue weighted by molar-refractivity contribution is 5.82. The van der Waals surface area contributed by atoms with Crippen molar-refractivity contribution in [1.29, 1.82) is 0 Å². The van der Waals surface area contributed by atoms with Gasteiger partial charge in [0.15, 0.2) is 5.96 Å². The lowest BCUT2D eigenvalue weighted by Gasteiger charge is -2.34. The predicted molar refractivity (Wildman–Crippen MR) is 102 cm³/mol. The van der Waals surface area contributed by atoms with Gasteiger partial charge in [0.05, 0.1) is 12.5 Å². The van der Waals surface area contributed by atoms with Gasteiger partial charge in [0.2, 0.25) is 5.91 Å². The smallest absolute Gasteiger partial charge is 0.310 e. The Kier molecular flexibility index (Phi) is 8.71. The molecule has 2 N–H and O–H groups in total. The number of rotatable bonds is 6. The molecular formula is C19H34N4O3. The van der Waals surface area contributed by atoms with Gasteiger partial charge in [0.1, 0.15) is 0 Å². The van der Waals surface area contributed by atoms with Crippen molar-refractivity contribution >= 4 is 17.8 Å². The van der Waals surface area contributed by atoms with Crippen LogP contribution in [-0.4, -0.2) is 62.1 Å². The van der Waals surface area contributed by atoms with E-state index < -0.39 is 0 Å². The highest BCUT2D eigenvalue weighted by Gasteiger charge is 2.28. The van der Waals surface area contributed by atoms with E-state index in [1.807, 2.05) is 6.92 Å². The van der Waals surface area contributed by atoms with E-state index in [0.717, 1.165) is 38.2 Å². The van der Waals surface area contributed by atoms with Crippen LogP contribution in [0.5, 0.6) is 0 Å². The summed E-state index contributed by atoms with van der Waals surface area (Å²) < 4.78 is 5.15. The molecule has 26 heavy (non-hydrogen) atoms. The van der Waals surface area contributed by atoms with E-state index >= 15 is 0 Å². The van der Waals surface area contributed by atoms with E-state index in [9.17, 15) is 9.59 Å². The molecule has 148 valence electrons. The molecule has 1 saturated heterocycles. The van der Waals surface area contributed by atoms with E-state index in [2.05, 4.69) is 20.5 Å². The van der Waals surface area contributed by atoms with E-state index in [4.69, 9.17) is 4.74 Å². The van der Waals surface area contributed by atoms with E-state index in [0.29, 0.717) is 32.2 Å². The average molecular weight is 367 g/mol. The summed E-state index contributed by atoms with van der Waals surface area (Å²) in [6.07, 6.45) is 8.15. The van der Waals surface area contributed by atoms with E-state index in [-0.39, 0.29) is 17.8 Å². The molecule has 7 heteroatoms. The molecule has 1 atom stereocenters. The third kappa shape index (κ3) is 6.50. The number of nitrogens with one attached hydrogen (secondary N) is 2. The normalized spacial score (nSPS) is 22.0. The number of ether oxygens (including phenoxy) is 1. The number of esters is 1. The molecule has 0 bridgehead atoms. The predicted octanol–water partition coefficient (Wildman–Crippen LogP) is 1.68. The molecule has 0 aromatic carbocycles. The molecule has 1 heterocycles. The maximum absolute atomic E-state index is 12.1. The minimum Gasteiger partial charge on any atom is -0.466 e. The van der Waals surface area contributed by atoms with Crippen LogP contribution in [0.3, 0.4) is 0 Å². The molecule has 0 aromatic rings. The summed E-state index contributed by atoms with van der Waals surface area (Å²) in [5.41, 5.74) is 0. The number of piperidine rings is 1. The van der Waals surface area contributed by atoms with Crippen molar-refractivity contribution in [3.05, 3.63) is 0 Å². The Morgan fingerprint density at radius 2 is 1.92 bits per heavy atom. The van der Waals surface area contributed by atoms with E-state index in [1.54, 1.807) is 7.05 Å². The van der Waals surface area contributed by atoms with Crippen molar-refractivity contribution in [2.24, 2.45) is 10.9 Å². The molecule has 1 saturated carbocycles. The average Bonchev–Trinajstić information content (AvgIpc) is 2.66. The number of amides is 1. The van der Waals surface area contributed by atoms with Crippen LogP contribution in [0.4, 0.5) is 0 Å². The van der Waals surface area contributed by atoms with Gasteiger partial charge < -0.3 is 20.3 Å². The van der Waals surface area contributed by atoms with Crippen LogP contribution in [0.25, 0.3) is 0 Å². The Labute approximate surface area is 156 Å². The molecule has 2 aliphatic rings. The first kappa shape index (κ1) is 20.5. The molecule has 7 nitrogen and oxygen atoms in total. The van der Waals surface area contributed by atoms with Crippen LogP contribution in [0.1, 0.15) is 58.3 Å². The maximum Gasteiger partial charge on any atom is 0.310 e. The van der Waals surface area contributed by atoms with Gasteiger partial charge in [-0.3, -0.25) is 14.6 Å². The lowest BCUT2D eigenvalue weighted by molar-refractivity contribution is -0.149. The number of likely N-dealkylation sites (tertiary alicyclic amines) is 1. The van der Waals surface area contributed by atoms with Crippen LogP contribution < -0.4 is 10.6 Å². The van der Waals surface area contributed by atoms with Crippen molar-refractivity contribution in [2.75, 3.05) is 33.3 Å². The van der Waals surface area contributed by atoms with Gasteiger partial charge >= 0.3 is 5.97 Å². The largest absolute Gasteiger partial charge is 0.466 e. The Morgan fingerprint density at radius 3 is 2.62 bits per heavy atom. The summed E-state index contributed by atoms with van der Waals surface area (Å²) >= 11 is 0. The first-order valence-corrected chi connectivity index (χ1v) is 10.1. The monoisotopic (exact) mass is 366 g/mol. The topological polar surface area (TPSA) is 83.0 Å². The van der Waals surface area contributed by atoms with Gasteiger partial charge in [-0.2, -0.15) is 0 Å². The minimum atomic E-state index is -0.125. The second-order valence-corrected chi connectivity index (χ2v) is 7.16. The van der Waals surface area contributed by atoms with Gasteiger partial charge in [0, 0.05) is 39.1 Å². The molecular weight excluding hydrogens is 332 g/mol. The lowest BCUT2D eigenvalue weighted by Crippen LogP contribution is -2.49. The van der Waals surface area contributed by atoms with Gasteiger partial charge in [-0.1, -0.05) is 19.3 Å². The van der Waals surface area contributed by atoms with E-state index in [1.165, 1.54) is 19.3 Å². The first-order chi connectivity index (χ1) is 12.6. The number of carbonyl (C=O) groups is 2. The van der Waals surface area contributed by atoms with Crippen LogP contribution in [0, 0.1) is 5.92 Å². The van der Waals surface area contributed by atoms with Crippen LogP contribution >= 0.6 is 0 Å². The number of nitrogens with zero attached hydrogens (tertiary/aromatic N) is 2. The second-order valence-electron chi connectivity index (χ2n) is 7.16. The fourth-order valence-electron chi connectivity index (χ4n) is 3.79. The zero-order valence-electron chi connectivity index (χ0n) is 16.3. The zero-order chi connectivity index (χ0) is 18.8. The van der Waals surface area contributed by atoms with Crippen LogP contribution in [0.15, 0.2) is 4.99 Å². The fourth-order valence-corrected chi connectivity index (χ4v) is 3.79. The number of hydrogen-bond donors (Lipinski definition) is 2. The summed E-state index contributed by atoms with van der Waals surface area (Å²) in [4.78, 5) is 30.5. The van der Waals surface area contributed by atoms with Gasteiger partial charge in [0.25, 0.3) is 0 Å². The number of carbonyl (C=O) groups excluding carboxylic acids is 2. The molecule has 0 radical (unpaired) electrons. The highest BCUT2D eigenvalue weighted by Crippen LogP contribution is 2.18. The Balaban J connectivity index is 1.72. The summed E-state index contributed by atoms with van der Waals surface area (Å²) in [6.45, 7) is 4.28. The van der Waals surface area contributed by atoms with Crippen LogP contribution in [0.2, 0.25) is 0 Å². The van der Waals surface area contributed by atoms with Crippen molar-refractivity contribution in [3.63, 3.8) is 0 Å². The quantitative estimate of drug-likeness (QED) is 0.424. The Morgan fingerprint density at radius 1 is 1.15 bits per heavy atom. The third-order valence-electron chi connectivity index (χ3n) is 5.16. The Bertz CT molecular complexity index is 489. The maximum atomic E-state index is 12.1. The number of hydrogen-bond acceptors (Lipinski definition) is 4. The molecule has 1 aliphatic carbocycles. The SMILES string of the molecule is CCOC(=O)C1CCCN(C(=NC)NCCC(=O)NC2CCCCC2)C1. The number of aliphatic imine (C=N–C) groups is 1. The van der Waals surface area contributed by atoms with Gasteiger partial charge in [-0.15, -0.1) is 0 Å². The highest BCUT2D eigenvalue weighted by atomic mass is 16.5. The summed E-state index contributed by atoms with van der Waals surface area (Å²) in [6, 6.07) is 0.350. The second kappa shape index (κ2) is 11.0. The molecule has 1 aliphatic heterocycles. The lowest BCUT2D eigenvalue weighted by atomic mass is 9.95. The van der Waals surface area contributed by atoms with Crippen molar-refractivity contribution in [3.8, 4) is 0 Å². The zero-order valence-corrected chi connectivity index (χ0v) is 16.3. The molecule has 0 spiro atoms. The first-order valence-electron chi connectivity index (χ1n) is 10.1. The molecule has 1 unspecified atom stereocenters. The van der Waals surface area contributed by atoms with Crippen LogP contribution in [-0.2, 0) is 14.3 Å². The molecule has 2 fully saturated rings. The standard InChI is InChI=1S/C19H34N4O3/c1-3-26-18(25)15-8-7-13-23(14-15)19(20-2)21-12-11-17(24)22-16-9-5-4-6-10-16/h15-16H,3-14H2,1-2H3,(H,20,21)(H,22,24). The number of guanidine groups is 1. The summed E-state index contributed by atoms with van der Waals surface area (Å²) in [5, 5.41) is 6.39. The molecule has 0 aromatic heterocycles.